The quantitative estimate of drug-likeness (QED) is 0.800. The molecular formula is C18H27N3. The number of para-hydroxylation sites is 2. The molecule has 0 bridgehead atoms. The maximum atomic E-state index is 4.85. The van der Waals surface area contributed by atoms with Crippen molar-refractivity contribution in [2.24, 2.45) is 13.0 Å². The minimum atomic E-state index is 0.627. The molecule has 3 heteroatoms. The lowest BCUT2D eigenvalue weighted by atomic mass is 9.99. The predicted octanol–water partition coefficient (Wildman–Crippen LogP) is 3.97. The van der Waals surface area contributed by atoms with Crippen LogP contribution in [0, 0.1) is 5.92 Å². The lowest BCUT2D eigenvalue weighted by molar-refractivity contribution is 0.137. The number of benzene rings is 1. The van der Waals surface area contributed by atoms with Crippen LogP contribution in [-0.2, 0) is 13.6 Å². The summed E-state index contributed by atoms with van der Waals surface area (Å²) >= 11 is 0. The SMILES string of the molecule is CCC(C)C(C)N(Cc1nc2ccccc2n1C)C1CC1. The summed E-state index contributed by atoms with van der Waals surface area (Å²) in [6.45, 7) is 8.02. The van der Waals surface area contributed by atoms with Gasteiger partial charge in [0.2, 0.25) is 0 Å². The standard InChI is InChI=1S/C18H27N3/c1-5-13(2)14(3)21(15-10-11-15)12-18-19-16-8-6-7-9-17(16)20(18)4/h6-9,13-15H,5,10-12H2,1-4H3. The van der Waals surface area contributed by atoms with Crippen molar-refractivity contribution < 1.29 is 0 Å². The van der Waals surface area contributed by atoms with Crippen LogP contribution in [0.1, 0.15) is 45.9 Å². The van der Waals surface area contributed by atoms with Gasteiger partial charge in [0.25, 0.3) is 0 Å². The predicted molar refractivity (Wildman–Crippen MR) is 88.2 cm³/mol. The summed E-state index contributed by atoms with van der Waals surface area (Å²) in [5.74, 6) is 1.93. The summed E-state index contributed by atoms with van der Waals surface area (Å²) in [6.07, 6.45) is 3.95. The molecule has 114 valence electrons. The molecule has 2 aromatic rings. The maximum Gasteiger partial charge on any atom is 0.123 e. The zero-order valence-corrected chi connectivity index (χ0v) is 13.7. The third-order valence-corrected chi connectivity index (χ3v) is 5.21. The Morgan fingerprint density at radius 2 is 2.00 bits per heavy atom. The molecule has 21 heavy (non-hydrogen) atoms. The molecule has 3 rings (SSSR count). The molecule has 0 spiro atoms. The van der Waals surface area contributed by atoms with Gasteiger partial charge in [0.05, 0.1) is 17.6 Å². The lowest BCUT2D eigenvalue weighted by Gasteiger charge is -2.32. The Balaban J connectivity index is 1.86. The Kier molecular flexibility index (Phi) is 4.03. The smallest absolute Gasteiger partial charge is 0.123 e. The molecule has 1 aromatic carbocycles. The van der Waals surface area contributed by atoms with Crippen LogP contribution in [0.5, 0.6) is 0 Å². The molecule has 2 atom stereocenters. The third kappa shape index (κ3) is 2.84. The normalized spacial score (nSPS) is 18.3. The number of imidazole rings is 1. The number of rotatable bonds is 6. The summed E-state index contributed by atoms with van der Waals surface area (Å²) in [5, 5.41) is 0. The molecular weight excluding hydrogens is 258 g/mol. The summed E-state index contributed by atoms with van der Waals surface area (Å²) < 4.78 is 2.26. The van der Waals surface area contributed by atoms with Gasteiger partial charge in [0.15, 0.2) is 0 Å². The van der Waals surface area contributed by atoms with Crippen LogP contribution < -0.4 is 0 Å². The number of hydrogen-bond acceptors (Lipinski definition) is 2. The molecule has 1 saturated carbocycles. The van der Waals surface area contributed by atoms with E-state index in [4.69, 9.17) is 4.98 Å². The molecule has 0 aliphatic heterocycles. The molecule has 0 radical (unpaired) electrons. The molecule has 1 aromatic heterocycles. The first-order chi connectivity index (χ1) is 10.1. The van der Waals surface area contributed by atoms with Crippen LogP contribution in [0.15, 0.2) is 24.3 Å². The average Bonchev–Trinajstić information content (AvgIpc) is 3.29. The minimum Gasteiger partial charge on any atom is -0.330 e. The summed E-state index contributed by atoms with van der Waals surface area (Å²) in [4.78, 5) is 7.53. The Bertz CT molecular complexity index is 612. The van der Waals surface area contributed by atoms with E-state index in [0.717, 1.165) is 24.0 Å². The van der Waals surface area contributed by atoms with Crippen molar-refractivity contribution in [3.8, 4) is 0 Å². The summed E-state index contributed by atoms with van der Waals surface area (Å²) in [5.41, 5.74) is 2.35. The second-order valence-electron chi connectivity index (χ2n) is 6.61. The molecule has 1 fully saturated rings. The lowest BCUT2D eigenvalue weighted by Crippen LogP contribution is -2.39. The number of nitrogens with zero attached hydrogens (tertiary/aromatic N) is 3. The van der Waals surface area contributed by atoms with Crippen molar-refractivity contribution in [3.63, 3.8) is 0 Å². The van der Waals surface area contributed by atoms with E-state index in [-0.39, 0.29) is 0 Å². The number of fused-ring (bicyclic) bond motifs is 1. The highest BCUT2D eigenvalue weighted by Gasteiger charge is 2.34. The Labute approximate surface area is 128 Å². The zero-order valence-electron chi connectivity index (χ0n) is 13.7. The molecule has 0 saturated heterocycles. The van der Waals surface area contributed by atoms with Crippen molar-refractivity contribution in [2.75, 3.05) is 0 Å². The summed E-state index contributed by atoms with van der Waals surface area (Å²) in [6, 6.07) is 9.83. The van der Waals surface area contributed by atoms with Gasteiger partial charge in [-0.2, -0.15) is 0 Å². The minimum absolute atomic E-state index is 0.627. The van der Waals surface area contributed by atoms with Gasteiger partial charge in [-0.3, -0.25) is 4.90 Å². The second kappa shape index (κ2) is 5.80. The Morgan fingerprint density at radius 3 is 2.62 bits per heavy atom. The fraction of sp³-hybridized carbons (Fsp3) is 0.611. The van der Waals surface area contributed by atoms with Crippen LogP contribution in [-0.4, -0.2) is 26.5 Å². The molecule has 1 aliphatic carbocycles. The van der Waals surface area contributed by atoms with Crippen molar-refractivity contribution in [2.45, 2.75) is 58.7 Å². The zero-order chi connectivity index (χ0) is 15.0. The average molecular weight is 285 g/mol. The van der Waals surface area contributed by atoms with Crippen LogP contribution in [0.3, 0.4) is 0 Å². The maximum absolute atomic E-state index is 4.85. The second-order valence-corrected chi connectivity index (χ2v) is 6.61. The van der Waals surface area contributed by atoms with Gasteiger partial charge in [-0.25, -0.2) is 4.98 Å². The highest BCUT2D eigenvalue weighted by molar-refractivity contribution is 5.75. The van der Waals surface area contributed by atoms with Gasteiger partial charge in [-0.15, -0.1) is 0 Å². The number of aromatic nitrogens is 2. The van der Waals surface area contributed by atoms with Gasteiger partial charge in [-0.1, -0.05) is 32.4 Å². The molecule has 2 unspecified atom stereocenters. The molecule has 1 heterocycles. The van der Waals surface area contributed by atoms with E-state index < -0.39 is 0 Å². The van der Waals surface area contributed by atoms with E-state index in [2.05, 4.69) is 61.6 Å². The van der Waals surface area contributed by atoms with Gasteiger partial charge in [-0.05, 0) is 37.8 Å². The molecule has 0 amide bonds. The van der Waals surface area contributed by atoms with Crippen molar-refractivity contribution >= 4 is 11.0 Å². The van der Waals surface area contributed by atoms with Crippen molar-refractivity contribution in [1.82, 2.24) is 14.5 Å². The van der Waals surface area contributed by atoms with Crippen molar-refractivity contribution in [1.29, 1.82) is 0 Å². The molecule has 3 nitrogen and oxygen atoms in total. The van der Waals surface area contributed by atoms with E-state index in [1.54, 1.807) is 0 Å². The topological polar surface area (TPSA) is 21.1 Å². The van der Waals surface area contributed by atoms with Gasteiger partial charge < -0.3 is 4.57 Å². The first-order valence-corrected chi connectivity index (χ1v) is 8.28. The Hall–Kier alpha value is -1.35. The van der Waals surface area contributed by atoms with E-state index in [1.165, 1.54) is 30.6 Å². The van der Waals surface area contributed by atoms with Crippen molar-refractivity contribution in [3.05, 3.63) is 30.1 Å². The van der Waals surface area contributed by atoms with Crippen LogP contribution in [0.25, 0.3) is 11.0 Å². The fourth-order valence-electron chi connectivity index (χ4n) is 3.18. The number of aryl methyl sites for hydroxylation is 1. The van der Waals surface area contributed by atoms with Crippen LogP contribution in [0.2, 0.25) is 0 Å². The summed E-state index contributed by atoms with van der Waals surface area (Å²) in [7, 11) is 2.14. The molecule has 0 N–H and O–H groups in total. The van der Waals surface area contributed by atoms with E-state index in [9.17, 15) is 0 Å². The highest BCUT2D eigenvalue weighted by Crippen LogP contribution is 2.32. The van der Waals surface area contributed by atoms with Gasteiger partial charge in [0.1, 0.15) is 5.82 Å². The van der Waals surface area contributed by atoms with E-state index >= 15 is 0 Å². The fourth-order valence-corrected chi connectivity index (χ4v) is 3.18. The van der Waals surface area contributed by atoms with E-state index in [1.807, 2.05) is 0 Å². The van der Waals surface area contributed by atoms with E-state index in [0.29, 0.717) is 6.04 Å². The monoisotopic (exact) mass is 285 g/mol. The van der Waals surface area contributed by atoms with Gasteiger partial charge >= 0.3 is 0 Å². The third-order valence-electron chi connectivity index (χ3n) is 5.21. The number of hydrogen-bond donors (Lipinski definition) is 0. The van der Waals surface area contributed by atoms with Gasteiger partial charge in [0, 0.05) is 19.1 Å². The van der Waals surface area contributed by atoms with Crippen LogP contribution >= 0.6 is 0 Å². The largest absolute Gasteiger partial charge is 0.330 e. The van der Waals surface area contributed by atoms with Crippen LogP contribution in [0.4, 0.5) is 0 Å². The first kappa shape index (κ1) is 14.6. The molecule has 1 aliphatic rings. The highest BCUT2D eigenvalue weighted by atomic mass is 15.2. The first-order valence-electron chi connectivity index (χ1n) is 8.28. The Morgan fingerprint density at radius 1 is 1.29 bits per heavy atom.